The highest BCUT2D eigenvalue weighted by Gasteiger charge is 2.21. The Labute approximate surface area is 165 Å². The van der Waals surface area contributed by atoms with Gasteiger partial charge in [0.25, 0.3) is 5.91 Å². The number of carbonyl (C=O) groups is 2. The minimum absolute atomic E-state index is 0.288. The van der Waals surface area contributed by atoms with E-state index in [0.29, 0.717) is 11.4 Å². The van der Waals surface area contributed by atoms with E-state index in [-0.39, 0.29) is 11.5 Å². The Hall–Kier alpha value is -3.02. The summed E-state index contributed by atoms with van der Waals surface area (Å²) in [6.45, 7) is 3.69. The first-order chi connectivity index (χ1) is 13.6. The summed E-state index contributed by atoms with van der Waals surface area (Å²) in [6.07, 6.45) is 2.79. The van der Waals surface area contributed by atoms with Gasteiger partial charge in [-0.15, -0.1) is 0 Å². The molecule has 1 saturated heterocycles. The number of esters is 1. The first-order valence-electron chi connectivity index (χ1n) is 9.58. The number of carbonyl (C=O) groups excluding carboxylic acids is 2. The fourth-order valence-electron chi connectivity index (χ4n) is 3.24. The number of nitrogens with one attached hydrogen (secondary N) is 1. The average molecular weight is 382 g/mol. The molecule has 6 heteroatoms. The maximum absolute atomic E-state index is 12.4. The molecular weight excluding hydrogens is 356 g/mol. The highest BCUT2D eigenvalue weighted by molar-refractivity contribution is 5.98. The minimum atomic E-state index is -0.931. The van der Waals surface area contributed by atoms with Gasteiger partial charge in [0.15, 0.2) is 6.10 Å². The Morgan fingerprint density at radius 1 is 1.00 bits per heavy atom. The molecule has 0 saturated carbocycles. The number of methoxy groups -OCH3 is 1. The van der Waals surface area contributed by atoms with Gasteiger partial charge in [0.2, 0.25) is 0 Å². The molecule has 0 aromatic heterocycles. The number of anilines is 2. The summed E-state index contributed by atoms with van der Waals surface area (Å²) >= 11 is 0. The number of nitrogens with zero attached hydrogens (tertiary/aromatic N) is 1. The molecule has 1 N–H and O–H groups in total. The second kappa shape index (κ2) is 9.26. The summed E-state index contributed by atoms with van der Waals surface area (Å²) in [5, 5.41) is 2.79. The van der Waals surface area contributed by atoms with Gasteiger partial charge in [-0.2, -0.15) is 0 Å². The molecule has 6 nitrogen and oxygen atoms in total. The number of hydrogen-bond acceptors (Lipinski definition) is 5. The smallest absolute Gasteiger partial charge is 0.342 e. The van der Waals surface area contributed by atoms with E-state index in [4.69, 9.17) is 9.47 Å². The lowest BCUT2D eigenvalue weighted by atomic mass is 10.1. The van der Waals surface area contributed by atoms with E-state index in [1.807, 2.05) is 24.3 Å². The summed E-state index contributed by atoms with van der Waals surface area (Å²) in [5.41, 5.74) is 2.12. The van der Waals surface area contributed by atoms with Gasteiger partial charge < -0.3 is 19.7 Å². The number of rotatable bonds is 6. The highest BCUT2D eigenvalue weighted by atomic mass is 16.5. The zero-order chi connectivity index (χ0) is 19.9. The first-order valence-corrected chi connectivity index (χ1v) is 9.58. The molecule has 0 aliphatic carbocycles. The molecule has 1 amide bonds. The van der Waals surface area contributed by atoms with E-state index in [2.05, 4.69) is 10.2 Å². The van der Waals surface area contributed by atoms with Crippen molar-refractivity contribution in [3.63, 3.8) is 0 Å². The third-order valence-electron chi connectivity index (χ3n) is 4.84. The van der Waals surface area contributed by atoms with Gasteiger partial charge in [0.05, 0.1) is 7.11 Å². The highest BCUT2D eigenvalue weighted by Crippen LogP contribution is 2.22. The van der Waals surface area contributed by atoms with E-state index in [1.165, 1.54) is 26.4 Å². The van der Waals surface area contributed by atoms with Crippen LogP contribution in [0.1, 0.15) is 36.5 Å². The van der Waals surface area contributed by atoms with Crippen LogP contribution in [-0.4, -0.2) is 38.2 Å². The maximum atomic E-state index is 12.4. The quantitative estimate of drug-likeness (QED) is 0.768. The number of benzene rings is 2. The van der Waals surface area contributed by atoms with E-state index in [9.17, 15) is 9.59 Å². The number of piperidine rings is 1. The van der Waals surface area contributed by atoms with Crippen LogP contribution in [0.25, 0.3) is 0 Å². The monoisotopic (exact) mass is 382 g/mol. The standard InChI is InChI=1S/C22H26N2O4/c1-16(28-22(26)19-8-4-5-9-20(19)27-2)21(25)23-17-10-12-18(13-11-17)24-14-6-3-7-15-24/h4-5,8-13,16H,3,6-7,14-15H2,1-2H3,(H,23,25)/t16-/m0/s1. The number of amides is 1. The second-order valence-electron chi connectivity index (χ2n) is 6.83. The molecule has 148 valence electrons. The van der Waals surface area contributed by atoms with Crippen molar-refractivity contribution in [2.75, 3.05) is 30.4 Å². The van der Waals surface area contributed by atoms with Gasteiger partial charge in [0, 0.05) is 24.5 Å². The van der Waals surface area contributed by atoms with Gasteiger partial charge >= 0.3 is 5.97 Å². The van der Waals surface area contributed by atoms with Gasteiger partial charge in [0.1, 0.15) is 11.3 Å². The predicted molar refractivity (Wildman–Crippen MR) is 109 cm³/mol. The second-order valence-corrected chi connectivity index (χ2v) is 6.83. The van der Waals surface area contributed by atoms with Crippen LogP contribution in [-0.2, 0) is 9.53 Å². The minimum Gasteiger partial charge on any atom is -0.496 e. The zero-order valence-corrected chi connectivity index (χ0v) is 16.3. The van der Waals surface area contributed by atoms with Crippen LogP contribution in [0.2, 0.25) is 0 Å². The van der Waals surface area contributed by atoms with Crippen molar-refractivity contribution in [2.24, 2.45) is 0 Å². The van der Waals surface area contributed by atoms with Crippen molar-refractivity contribution in [2.45, 2.75) is 32.3 Å². The van der Waals surface area contributed by atoms with Crippen molar-refractivity contribution in [3.05, 3.63) is 54.1 Å². The molecule has 1 aliphatic rings. The molecule has 0 radical (unpaired) electrons. The normalized spacial score (nSPS) is 14.9. The van der Waals surface area contributed by atoms with Gasteiger partial charge in [-0.3, -0.25) is 4.79 Å². The first kappa shape index (κ1) is 19.7. The summed E-state index contributed by atoms with van der Waals surface area (Å²) in [7, 11) is 1.48. The number of hydrogen-bond donors (Lipinski definition) is 1. The summed E-state index contributed by atoms with van der Waals surface area (Å²) in [6, 6.07) is 14.5. The van der Waals surface area contributed by atoms with E-state index in [0.717, 1.165) is 18.8 Å². The van der Waals surface area contributed by atoms with E-state index in [1.54, 1.807) is 31.2 Å². The van der Waals surface area contributed by atoms with Crippen LogP contribution >= 0.6 is 0 Å². The predicted octanol–water partition coefficient (Wildman–Crippen LogP) is 3.87. The molecule has 2 aromatic rings. The topological polar surface area (TPSA) is 67.9 Å². The zero-order valence-electron chi connectivity index (χ0n) is 16.3. The molecule has 0 unspecified atom stereocenters. The number of ether oxygens (including phenoxy) is 2. The van der Waals surface area contributed by atoms with Gasteiger partial charge in [-0.1, -0.05) is 12.1 Å². The third-order valence-corrected chi connectivity index (χ3v) is 4.84. The molecule has 1 atom stereocenters. The van der Waals surface area contributed by atoms with Crippen LogP contribution in [0.4, 0.5) is 11.4 Å². The van der Waals surface area contributed by atoms with Crippen molar-refractivity contribution in [3.8, 4) is 5.75 Å². The Bertz CT molecular complexity index is 814. The van der Waals surface area contributed by atoms with E-state index >= 15 is 0 Å². The lowest BCUT2D eigenvalue weighted by Crippen LogP contribution is -2.30. The van der Waals surface area contributed by atoms with Crippen LogP contribution in [0.15, 0.2) is 48.5 Å². The van der Waals surface area contributed by atoms with Gasteiger partial charge in [-0.25, -0.2) is 4.79 Å². The molecule has 3 rings (SSSR count). The SMILES string of the molecule is COc1ccccc1C(=O)O[C@@H](C)C(=O)Nc1ccc(N2CCCCC2)cc1. The van der Waals surface area contributed by atoms with Crippen LogP contribution in [0, 0.1) is 0 Å². The Balaban J connectivity index is 1.57. The fourth-order valence-corrected chi connectivity index (χ4v) is 3.24. The van der Waals surface area contributed by atoms with Crippen molar-refractivity contribution >= 4 is 23.3 Å². The lowest BCUT2D eigenvalue weighted by molar-refractivity contribution is -0.123. The Morgan fingerprint density at radius 2 is 1.68 bits per heavy atom. The van der Waals surface area contributed by atoms with Crippen LogP contribution in [0.5, 0.6) is 5.75 Å². The molecule has 0 bridgehead atoms. The van der Waals surface area contributed by atoms with Crippen molar-refractivity contribution in [1.82, 2.24) is 0 Å². The Kier molecular flexibility index (Phi) is 6.53. The summed E-state index contributed by atoms with van der Waals surface area (Å²) < 4.78 is 10.5. The third kappa shape index (κ3) is 4.82. The Morgan fingerprint density at radius 3 is 2.36 bits per heavy atom. The molecule has 1 heterocycles. The lowest BCUT2D eigenvalue weighted by Gasteiger charge is -2.28. The molecular formula is C22H26N2O4. The average Bonchev–Trinajstić information content (AvgIpc) is 2.74. The van der Waals surface area contributed by atoms with Crippen molar-refractivity contribution in [1.29, 1.82) is 0 Å². The largest absolute Gasteiger partial charge is 0.496 e. The molecule has 0 spiro atoms. The van der Waals surface area contributed by atoms with Crippen molar-refractivity contribution < 1.29 is 19.1 Å². The van der Waals surface area contributed by atoms with Crippen LogP contribution < -0.4 is 15.0 Å². The molecule has 1 aliphatic heterocycles. The van der Waals surface area contributed by atoms with Crippen LogP contribution in [0.3, 0.4) is 0 Å². The molecule has 2 aromatic carbocycles. The fraction of sp³-hybridized carbons (Fsp3) is 0.364. The maximum Gasteiger partial charge on any atom is 0.342 e. The summed E-state index contributed by atoms with van der Waals surface area (Å²) in [4.78, 5) is 27.1. The molecule has 1 fully saturated rings. The van der Waals surface area contributed by atoms with Gasteiger partial charge in [-0.05, 0) is 62.6 Å². The number of para-hydroxylation sites is 1. The molecule has 28 heavy (non-hydrogen) atoms. The summed E-state index contributed by atoms with van der Waals surface area (Å²) in [5.74, 6) is -0.567. The van der Waals surface area contributed by atoms with E-state index < -0.39 is 12.1 Å².